The molecule has 2 saturated heterocycles. The summed E-state index contributed by atoms with van der Waals surface area (Å²) in [4.78, 5) is 0. The van der Waals surface area contributed by atoms with Crippen LogP contribution in [0.25, 0.3) is 0 Å². The first kappa shape index (κ1) is 13.2. The molecular formula is C18H27N. The van der Waals surface area contributed by atoms with Gasteiger partial charge in [0.05, 0.1) is 0 Å². The van der Waals surface area contributed by atoms with Gasteiger partial charge in [-0.1, -0.05) is 45.0 Å². The monoisotopic (exact) mass is 257 g/mol. The Labute approximate surface area is 117 Å². The third-order valence-electron chi connectivity index (χ3n) is 4.63. The number of benzene rings is 1. The van der Waals surface area contributed by atoms with Crippen molar-refractivity contribution in [3.8, 4) is 0 Å². The second-order valence-corrected chi connectivity index (χ2v) is 7.79. The minimum atomic E-state index is 0.381. The Kier molecular flexibility index (Phi) is 3.42. The molecular weight excluding hydrogens is 230 g/mol. The maximum absolute atomic E-state index is 3.74. The zero-order valence-corrected chi connectivity index (χ0v) is 12.6. The largest absolute Gasteiger partial charge is 0.311 e. The third-order valence-corrected chi connectivity index (χ3v) is 4.63. The predicted octanol–water partition coefficient (Wildman–Crippen LogP) is 4.27. The lowest BCUT2D eigenvalue weighted by Gasteiger charge is -2.30. The van der Waals surface area contributed by atoms with E-state index in [4.69, 9.17) is 0 Å². The zero-order valence-electron chi connectivity index (χ0n) is 12.6. The van der Waals surface area contributed by atoms with E-state index in [1.165, 1.54) is 37.7 Å². The van der Waals surface area contributed by atoms with E-state index in [0.29, 0.717) is 5.41 Å². The van der Waals surface area contributed by atoms with Crippen LogP contribution < -0.4 is 5.32 Å². The number of hydrogen-bond acceptors (Lipinski definition) is 1. The highest BCUT2D eigenvalue weighted by Gasteiger charge is 2.33. The molecule has 104 valence electrons. The van der Waals surface area contributed by atoms with Crippen molar-refractivity contribution >= 4 is 0 Å². The van der Waals surface area contributed by atoms with Gasteiger partial charge in [0.15, 0.2) is 0 Å². The number of fused-ring (bicyclic) bond motifs is 2. The molecule has 2 atom stereocenters. The molecule has 0 aliphatic carbocycles. The molecule has 2 unspecified atom stereocenters. The summed E-state index contributed by atoms with van der Waals surface area (Å²) in [6, 6.07) is 11.0. The Morgan fingerprint density at radius 1 is 1.11 bits per heavy atom. The van der Waals surface area contributed by atoms with Gasteiger partial charge in [0, 0.05) is 12.1 Å². The van der Waals surface area contributed by atoms with E-state index in [1.807, 2.05) is 0 Å². The lowest BCUT2D eigenvalue weighted by molar-refractivity contribution is 0.362. The summed E-state index contributed by atoms with van der Waals surface area (Å²) >= 11 is 0. The molecule has 0 spiro atoms. The number of hydrogen-bond donors (Lipinski definition) is 1. The molecule has 1 N–H and O–H groups in total. The summed E-state index contributed by atoms with van der Waals surface area (Å²) in [5.41, 5.74) is 3.47. The van der Waals surface area contributed by atoms with Crippen molar-refractivity contribution in [2.45, 2.75) is 70.9 Å². The molecule has 0 amide bonds. The van der Waals surface area contributed by atoms with Crippen LogP contribution in [0.15, 0.2) is 24.3 Å². The topological polar surface area (TPSA) is 12.0 Å². The Morgan fingerprint density at radius 3 is 2.42 bits per heavy atom. The lowest BCUT2D eigenvalue weighted by atomic mass is 9.83. The molecule has 2 heterocycles. The maximum atomic E-state index is 3.74. The number of nitrogens with one attached hydrogen (secondary N) is 1. The fraction of sp³-hybridized carbons (Fsp3) is 0.667. The minimum absolute atomic E-state index is 0.381. The average Bonchev–Trinajstić information content (AvgIpc) is 2.66. The lowest BCUT2D eigenvalue weighted by Crippen LogP contribution is -2.37. The molecule has 1 aromatic rings. The van der Waals surface area contributed by atoms with Gasteiger partial charge < -0.3 is 5.32 Å². The molecule has 19 heavy (non-hydrogen) atoms. The first-order valence-electron chi connectivity index (χ1n) is 7.84. The molecule has 2 bridgehead atoms. The molecule has 3 rings (SSSR count). The van der Waals surface area contributed by atoms with Crippen LogP contribution in [0, 0.1) is 5.41 Å². The van der Waals surface area contributed by atoms with Gasteiger partial charge in [-0.3, -0.25) is 0 Å². The van der Waals surface area contributed by atoms with E-state index in [1.54, 1.807) is 5.56 Å². The third kappa shape index (κ3) is 3.20. The van der Waals surface area contributed by atoms with Crippen LogP contribution in [-0.4, -0.2) is 12.1 Å². The molecule has 2 fully saturated rings. The fourth-order valence-corrected chi connectivity index (χ4v) is 3.90. The first-order chi connectivity index (χ1) is 8.99. The highest BCUT2D eigenvalue weighted by Crippen LogP contribution is 2.37. The van der Waals surface area contributed by atoms with E-state index in [2.05, 4.69) is 50.4 Å². The Hall–Kier alpha value is -0.820. The molecule has 1 aromatic carbocycles. The molecule has 0 radical (unpaired) electrons. The second-order valence-electron chi connectivity index (χ2n) is 7.79. The first-order valence-corrected chi connectivity index (χ1v) is 7.84. The Bertz CT molecular complexity index is 431. The van der Waals surface area contributed by atoms with E-state index in [9.17, 15) is 0 Å². The van der Waals surface area contributed by atoms with Crippen molar-refractivity contribution in [3.63, 3.8) is 0 Å². The minimum Gasteiger partial charge on any atom is -0.311 e. The smallest absolute Gasteiger partial charge is 0.00760 e. The quantitative estimate of drug-likeness (QED) is 0.834. The van der Waals surface area contributed by atoms with Gasteiger partial charge in [0.1, 0.15) is 0 Å². The van der Waals surface area contributed by atoms with Crippen molar-refractivity contribution in [1.82, 2.24) is 5.32 Å². The van der Waals surface area contributed by atoms with Crippen LogP contribution in [0.4, 0.5) is 0 Å². The Morgan fingerprint density at radius 2 is 1.79 bits per heavy atom. The summed E-state index contributed by atoms with van der Waals surface area (Å²) < 4.78 is 0. The van der Waals surface area contributed by atoms with Gasteiger partial charge in [0.2, 0.25) is 0 Å². The van der Waals surface area contributed by atoms with Crippen LogP contribution in [0.2, 0.25) is 0 Å². The molecule has 1 nitrogen and oxygen atoms in total. The van der Waals surface area contributed by atoms with E-state index < -0.39 is 0 Å². The molecule has 0 aromatic heterocycles. The average molecular weight is 257 g/mol. The SMILES string of the molecule is CC(C)(C)Cc1cccc(C2CC3CCC(C2)N3)c1. The van der Waals surface area contributed by atoms with Crippen LogP contribution in [0.1, 0.15) is 63.5 Å². The second kappa shape index (κ2) is 4.94. The molecule has 1 heteroatoms. The predicted molar refractivity (Wildman–Crippen MR) is 81.5 cm³/mol. The van der Waals surface area contributed by atoms with Crippen molar-refractivity contribution < 1.29 is 0 Å². The van der Waals surface area contributed by atoms with Crippen LogP contribution >= 0.6 is 0 Å². The highest BCUT2D eigenvalue weighted by molar-refractivity contribution is 5.28. The Balaban J connectivity index is 1.76. The fourth-order valence-electron chi connectivity index (χ4n) is 3.90. The van der Waals surface area contributed by atoms with E-state index in [-0.39, 0.29) is 0 Å². The summed E-state index contributed by atoms with van der Waals surface area (Å²) in [6.45, 7) is 6.97. The van der Waals surface area contributed by atoms with Crippen LogP contribution in [-0.2, 0) is 6.42 Å². The summed E-state index contributed by atoms with van der Waals surface area (Å²) in [5, 5.41) is 3.74. The van der Waals surface area contributed by atoms with Gasteiger partial charge in [-0.15, -0.1) is 0 Å². The van der Waals surface area contributed by atoms with Crippen molar-refractivity contribution in [2.75, 3.05) is 0 Å². The van der Waals surface area contributed by atoms with Crippen LogP contribution in [0.3, 0.4) is 0 Å². The van der Waals surface area contributed by atoms with Gasteiger partial charge in [0.25, 0.3) is 0 Å². The van der Waals surface area contributed by atoms with Gasteiger partial charge in [-0.25, -0.2) is 0 Å². The van der Waals surface area contributed by atoms with E-state index in [0.717, 1.165) is 18.0 Å². The van der Waals surface area contributed by atoms with Gasteiger partial charge in [-0.2, -0.15) is 0 Å². The van der Waals surface area contributed by atoms with Gasteiger partial charge in [-0.05, 0) is 54.6 Å². The molecule has 2 aliphatic heterocycles. The zero-order chi connectivity index (χ0) is 13.5. The summed E-state index contributed by atoms with van der Waals surface area (Å²) in [5.74, 6) is 0.790. The highest BCUT2D eigenvalue weighted by atomic mass is 15.0. The van der Waals surface area contributed by atoms with E-state index >= 15 is 0 Å². The molecule has 0 saturated carbocycles. The standard InChI is InChI=1S/C18H27N/c1-18(2,3)12-13-5-4-6-14(9-13)15-10-16-7-8-17(11-15)19-16/h4-6,9,15-17,19H,7-8,10-12H2,1-3H3. The van der Waals surface area contributed by atoms with Gasteiger partial charge >= 0.3 is 0 Å². The number of rotatable bonds is 2. The summed E-state index contributed by atoms with van der Waals surface area (Å²) in [6.07, 6.45) is 6.65. The van der Waals surface area contributed by atoms with Crippen molar-refractivity contribution in [3.05, 3.63) is 35.4 Å². The van der Waals surface area contributed by atoms with Crippen molar-refractivity contribution in [1.29, 1.82) is 0 Å². The number of piperidine rings is 1. The van der Waals surface area contributed by atoms with Crippen molar-refractivity contribution in [2.24, 2.45) is 5.41 Å². The summed E-state index contributed by atoms with van der Waals surface area (Å²) in [7, 11) is 0. The van der Waals surface area contributed by atoms with Crippen LogP contribution in [0.5, 0.6) is 0 Å². The normalized spacial score (nSPS) is 30.6. The maximum Gasteiger partial charge on any atom is 0.00760 e. The molecule has 2 aliphatic rings.